The predicted octanol–water partition coefficient (Wildman–Crippen LogP) is 3.84. The number of benzene rings is 1. The molecule has 2 saturated heterocycles. The van der Waals surface area contributed by atoms with E-state index in [0.29, 0.717) is 12.5 Å². The molecule has 1 aromatic carbocycles. The first-order chi connectivity index (χ1) is 15.8. The lowest BCUT2D eigenvalue weighted by atomic mass is 10.0. The maximum Gasteiger partial charge on any atom is 0.191 e. The number of piperidine rings is 1. The van der Waals surface area contributed by atoms with Crippen molar-refractivity contribution in [2.45, 2.75) is 45.1 Å². The average Bonchev–Trinajstić information content (AvgIpc) is 3.36. The maximum atomic E-state index is 5.82. The number of aliphatic imine (C=N–C) groups is 1. The summed E-state index contributed by atoms with van der Waals surface area (Å²) in [6.45, 7) is 10.0. The summed E-state index contributed by atoms with van der Waals surface area (Å²) >= 11 is 0. The fraction of sp³-hybridized carbons (Fsp3) is 0.720. The molecular weight excluding hydrogens is 531 g/mol. The molecule has 2 atom stereocenters. The first kappa shape index (κ1) is 28.1. The van der Waals surface area contributed by atoms with Gasteiger partial charge in [-0.25, -0.2) is 0 Å². The smallest absolute Gasteiger partial charge is 0.191 e. The molecule has 7 nitrogen and oxygen atoms in total. The number of nitrogens with one attached hydrogen (secondary N) is 2. The highest BCUT2D eigenvalue weighted by molar-refractivity contribution is 14.0. The van der Waals surface area contributed by atoms with Crippen molar-refractivity contribution in [2.75, 3.05) is 66.3 Å². The number of rotatable bonds is 12. The van der Waals surface area contributed by atoms with Crippen molar-refractivity contribution >= 4 is 29.9 Å². The third kappa shape index (κ3) is 9.58. The van der Waals surface area contributed by atoms with Crippen LogP contribution in [0.15, 0.2) is 29.3 Å². The van der Waals surface area contributed by atoms with Crippen LogP contribution in [0.5, 0.6) is 5.75 Å². The van der Waals surface area contributed by atoms with E-state index in [1.165, 1.54) is 24.8 Å². The van der Waals surface area contributed by atoms with Crippen LogP contribution < -0.4 is 15.4 Å². The van der Waals surface area contributed by atoms with Crippen molar-refractivity contribution in [2.24, 2.45) is 10.9 Å². The Morgan fingerprint density at radius 2 is 2.03 bits per heavy atom. The van der Waals surface area contributed by atoms with Crippen molar-refractivity contribution in [3.8, 4) is 5.75 Å². The Labute approximate surface area is 217 Å². The minimum atomic E-state index is 0. The van der Waals surface area contributed by atoms with Gasteiger partial charge in [0.1, 0.15) is 5.75 Å². The van der Waals surface area contributed by atoms with Crippen LogP contribution in [0.1, 0.15) is 50.6 Å². The number of methoxy groups -OCH3 is 1. The van der Waals surface area contributed by atoms with Gasteiger partial charge in [-0.05, 0) is 51.8 Å². The fourth-order valence-electron chi connectivity index (χ4n) is 4.45. The molecule has 188 valence electrons. The van der Waals surface area contributed by atoms with Gasteiger partial charge in [0.25, 0.3) is 0 Å². The lowest BCUT2D eigenvalue weighted by molar-refractivity contribution is 0.0888. The van der Waals surface area contributed by atoms with E-state index in [-0.39, 0.29) is 30.0 Å². The molecule has 0 spiro atoms. The molecule has 0 amide bonds. The maximum absolute atomic E-state index is 5.82. The molecule has 0 saturated carbocycles. The van der Waals surface area contributed by atoms with E-state index in [0.717, 1.165) is 77.2 Å². The zero-order chi connectivity index (χ0) is 22.4. The van der Waals surface area contributed by atoms with Gasteiger partial charge in [0.05, 0.1) is 32.9 Å². The van der Waals surface area contributed by atoms with Gasteiger partial charge in [-0.3, -0.25) is 9.89 Å². The summed E-state index contributed by atoms with van der Waals surface area (Å²) in [4.78, 5) is 7.53. The average molecular weight is 575 g/mol. The highest BCUT2D eigenvalue weighted by Gasteiger charge is 2.24. The minimum absolute atomic E-state index is 0. The van der Waals surface area contributed by atoms with Gasteiger partial charge in [-0.2, -0.15) is 0 Å². The van der Waals surface area contributed by atoms with Gasteiger partial charge in [0.2, 0.25) is 0 Å². The molecule has 0 radical (unpaired) electrons. The highest BCUT2D eigenvalue weighted by Crippen LogP contribution is 2.31. The predicted molar refractivity (Wildman–Crippen MR) is 145 cm³/mol. The number of likely N-dealkylation sites (tertiary alicyclic amines) is 1. The Kier molecular flexibility index (Phi) is 14.1. The summed E-state index contributed by atoms with van der Waals surface area (Å²) in [5, 5.41) is 6.86. The SMILES string of the molecule is CCNC(=NCC(c1ccccc1OC)N1CCCCC1)NCCCOCC1CCOC1.I. The van der Waals surface area contributed by atoms with Crippen molar-refractivity contribution in [1.82, 2.24) is 15.5 Å². The van der Waals surface area contributed by atoms with Crippen molar-refractivity contribution in [3.05, 3.63) is 29.8 Å². The number of para-hydroxylation sites is 1. The van der Waals surface area contributed by atoms with Crippen molar-refractivity contribution in [1.29, 1.82) is 0 Å². The standard InChI is InChI=1S/C25H42N4O3.HI/c1-3-26-25(27-13-9-16-31-19-21-12-17-32-20-21)28-18-23(29-14-7-4-8-15-29)22-10-5-6-11-24(22)30-2;/h5-6,10-11,21,23H,3-4,7-9,12-20H2,1-2H3,(H2,26,27,28);1H. The van der Waals surface area contributed by atoms with E-state index < -0.39 is 0 Å². The number of hydrogen-bond donors (Lipinski definition) is 2. The Hall–Kier alpha value is -1.10. The van der Waals surface area contributed by atoms with E-state index in [9.17, 15) is 0 Å². The minimum Gasteiger partial charge on any atom is -0.496 e. The van der Waals surface area contributed by atoms with E-state index in [1.807, 2.05) is 6.07 Å². The summed E-state index contributed by atoms with van der Waals surface area (Å²) < 4.78 is 16.9. The van der Waals surface area contributed by atoms with Crippen LogP contribution >= 0.6 is 24.0 Å². The molecule has 2 aliphatic rings. The zero-order valence-corrected chi connectivity index (χ0v) is 22.7. The molecule has 1 aromatic rings. The molecule has 0 aliphatic carbocycles. The van der Waals surface area contributed by atoms with Gasteiger partial charge in [0, 0.05) is 37.8 Å². The Bertz CT molecular complexity index is 679. The highest BCUT2D eigenvalue weighted by atomic mass is 127. The first-order valence-corrected chi connectivity index (χ1v) is 12.4. The normalized spacial score (nSPS) is 20.2. The van der Waals surface area contributed by atoms with Crippen LogP contribution in [-0.4, -0.2) is 77.1 Å². The molecule has 2 aliphatic heterocycles. The summed E-state index contributed by atoms with van der Waals surface area (Å²) in [7, 11) is 1.75. The number of guanidine groups is 1. The van der Waals surface area contributed by atoms with Crippen LogP contribution in [0.4, 0.5) is 0 Å². The van der Waals surface area contributed by atoms with E-state index in [1.54, 1.807) is 7.11 Å². The largest absolute Gasteiger partial charge is 0.496 e. The van der Waals surface area contributed by atoms with Gasteiger partial charge in [-0.15, -0.1) is 24.0 Å². The van der Waals surface area contributed by atoms with Gasteiger partial charge in [-0.1, -0.05) is 24.6 Å². The van der Waals surface area contributed by atoms with Crippen LogP contribution in [0.25, 0.3) is 0 Å². The van der Waals surface area contributed by atoms with E-state index in [2.05, 4.69) is 40.7 Å². The molecule has 2 N–H and O–H groups in total. The summed E-state index contributed by atoms with van der Waals surface area (Å²) in [5.74, 6) is 2.39. The summed E-state index contributed by atoms with van der Waals surface area (Å²) in [6.07, 6.45) is 5.90. The molecule has 0 aromatic heterocycles. The topological polar surface area (TPSA) is 67.4 Å². The number of halogens is 1. The quantitative estimate of drug-likeness (QED) is 0.171. The first-order valence-electron chi connectivity index (χ1n) is 12.4. The van der Waals surface area contributed by atoms with Gasteiger partial charge in [0.15, 0.2) is 5.96 Å². The molecule has 3 rings (SSSR count). The monoisotopic (exact) mass is 574 g/mol. The second kappa shape index (κ2) is 16.5. The van der Waals surface area contributed by atoms with Crippen molar-refractivity contribution in [3.63, 3.8) is 0 Å². The number of hydrogen-bond acceptors (Lipinski definition) is 5. The third-order valence-electron chi connectivity index (χ3n) is 6.23. The summed E-state index contributed by atoms with van der Waals surface area (Å²) in [6, 6.07) is 8.59. The fourth-order valence-corrected chi connectivity index (χ4v) is 4.45. The van der Waals surface area contributed by atoms with Gasteiger partial charge >= 0.3 is 0 Å². The lowest BCUT2D eigenvalue weighted by Gasteiger charge is -2.34. The molecular formula is C25H43IN4O3. The lowest BCUT2D eigenvalue weighted by Crippen LogP contribution is -2.40. The molecule has 33 heavy (non-hydrogen) atoms. The van der Waals surface area contributed by atoms with Crippen LogP contribution in [-0.2, 0) is 9.47 Å². The second-order valence-electron chi connectivity index (χ2n) is 8.66. The molecule has 0 bridgehead atoms. The van der Waals surface area contributed by atoms with E-state index >= 15 is 0 Å². The third-order valence-corrected chi connectivity index (χ3v) is 6.23. The van der Waals surface area contributed by atoms with Crippen molar-refractivity contribution < 1.29 is 14.2 Å². The Balaban J connectivity index is 0.00000385. The van der Waals surface area contributed by atoms with Crippen LogP contribution in [0, 0.1) is 5.92 Å². The second-order valence-corrected chi connectivity index (χ2v) is 8.66. The molecule has 2 heterocycles. The number of ether oxygens (including phenoxy) is 3. The van der Waals surface area contributed by atoms with Crippen LogP contribution in [0.2, 0.25) is 0 Å². The Morgan fingerprint density at radius 1 is 1.21 bits per heavy atom. The molecule has 8 heteroatoms. The zero-order valence-electron chi connectivity index (χ0n) is 20.4. The Morgan fingerprint density at radius 3 is 2.76 bits per heavy atom. The van der Waals surface area contributed by atoms with E-state index in [4.69, 9.17) is 19.2 Å². The molecule has 2 fully saturated rings. The van der Waals surface area contributed by atoms with Crippen LogP contribution in [0.3, 0.4) is 0 Å². The van der Waals surface area contributed by atoms with Gasteiger partial charge < -0.3 is 24.8 Å². The number of nitrogens with zero attached hydrogens (tertiary/aromatic N) is 2. The molecule has 2 unspecified atom stereocenters. The summed E-state index contributed by atoms with van der Waals surface area (Å²) in [5.41, 5.74) is 1.22.